The average molecular weight is 779 g/mol. The van der Waals surface area contributed by atoms with E-state index in [0.717, 1.165) is 105 Å². The van der Waals surface area contributed by atoms with Crippen LogP contribution in [0.15, 0.2) is 70.5 Å². The smallest absolute Gasteiger partial charge is 0.239 e. The summed E-state index contributed by atoms with van der Waals surface area (Å²) in [5, 5.41) is 5.29. The molecule has 51 heavy (non-hydrogen) atoms. The third-order valence-corrected chi connectivity index (χ3v) is 15.5. The summed E-state index contributed by atoms with van der Waals surface area (Å²) < 4.78 is 27.6. The van der Waals surface area contributed by atoms with Crippen LogP contribution in [0.3, 0.4) is 0 Å². The maximum Gasteiger partial charge on any atom is 0.239 e. The molecule has 4 saturated heterocycles. The predicted octanol–water partition coefficient (Wildman–Crippen LogP) is 6.55. The van der Waals surface area contributed by atoms with E-state index < -0.39 is 0 Å². The van der Waals surface area contributed by atoms with Gasteiger partial charge in [-0.2, -0.15) is 0 Å². The Bertz CT molecular complexity index is 1800. The number of morpholine rings is 4. The van der Waals surface area contributed by atoms with Gasteiger partial charge in [-0.1, -0.05) is 0 Å². The Hall–Kier alpha value is -2.46. The van der Waals surface area contributed by atoms with Gasteiger partial charge in [0, 0.05) is 78.8 Å². The second-order valence-electron chi connectivity index (χ2n) is 12.9. The normalized spacial score (nSPS) is 23.6. The Kier molecular flexibility index (Phi) is 10.7. The molecule has 266 valence electrons. The van der Waals surface area contributed by atoms with Crippen molar-refractivity contribution in [3.05, 3.63) is 90.0 Å². The van der Waals surface area contributed by atoms with E-state index in [1.54, 1.807) is 0 Å². The maximum absolute atomic E-state index is 5.67. The Morgan fingerprint density at radius 3 is 1.25 bits per heavy atom. The van der Waals surface area contributed by atoms with Crippen molar-refractivity contribution in [1.29, 1.82) is 0 Å². The number of hydrogen-bond donors (Lipinski definition) is 0. The van der Waals surface area contributed by atoms with Crippen LogP contribution in [0.4, 0.5) is 10.0 Å². The molecular formula is C38H42N4O4S5+2. The summed E-state index contributed by atoms with van der Waals surface area (Å²) in [5.41, 5.74) is 2.67. The van der Waals surface area contributed by atoms with Crippen molar-refractivity contribution in [2.75, 3.05) is 115 Å². The summed E-state index contributed by atoms with van der Waals surface area (Å²) in [7, 11) is 0. The fourth-order valence-electron chi connectivity index (χ4n) is 7.00. The van der Waals surface area contributed by atoms with Crippen LogP contribution in [-0.4, -0.2) is 124 Å². The number of nitrogens with zero attached hydrogens (tertiary/aromatic N) is 4. The van der Waals surface area contributed by atoms with Crippen LogP contribution in [-0.2, 0) is 18.9 Å². The lowest BCUT2D eigenvalue weighted by Crippen LogP contribution is -2.35. The average Bonchev–Trinajstić information content (AvgIpc) is 4.05. The summed E-state index contributed by atoms with van der Waals surface area (Å²) >= 11 is 9.56. The summed E-state index contributed by atoms with van der Waals surface area (Å²) in [6.45, 7) is 13.8. The number of anilines is 2. The van der Waals surface area contributed by atoms with Crippen molar-refractivity contribution in [1.82, 2.24) is 0 Å². The van der Waals surface area contributed by atoms with E-state index in [-0.39, 0.29) is 0 Å². The molecule has 0 saturated carbocycles. The Labute approximate surface area is 320 Å². The van der Waals surface area contributed by atoms with Gasteiger partial charge >= 0.3 is 0 Å². The Morgan fingerprint density at radius 1 is 0.451 bits per heavy atom. The SMILES string of the molecule is C1=CC(=[N+]2CCOCC2)SC1=C(c1ccc(C(=C2C=CC(=[N+]3CCOCC3)S2)c2ccc(N3CCOCC3)s2)s1)c1ccc(N2CCOCC2)s1. The largest absolute Gasteiger partial charge is 0.378 e. The van der Waals surface area contributed by atoms with Crippen LogP contribution in [0, 0.1) is 0 Å². The Morgan fingerprint density at radius 2 is 0.824 bits per heavy atom. The zero-order valence-corrected chi connectivity index (χ0v) is 32.6. The van der Waals surface area contributed by atoms with Gasteiger partial charge in [-0.05, 0) is 72.1 Å². The first kappa shape index (κ1) is 34.3. The molecule has 0 aromatic carbocycles. The number of allylic oxidation sites excluding steroid dienone is 2. The minimum atomic E-state index is 0.788. The zero-order chi connectivity index (χ0) is 34.0. The summed E-state index contributed by atoms with van der Waals surface area (Å²) in [4.78, 5) is 12.8. The van der Waals surface area contributed by atoms with Crippen molar-refractivity contribution < 1.29 is 28.1 Å². The van der Waals surface area contributed by atoms with Crippen LogP contribution in [0.5, 0.6) is 0 Å². The lowest BCUT2D eigenvalue weighted by molar-refractivity contribution is -0.546. The van der Waals surface area contributed by atoms with Gasteiger partial charge in [0.15, 0.2) is 26.2 Å². The van der Waals surface area contributed by atoms with E-state index in [0.29, 0.717) is 0 Å². The fourth-order valence-corrected chi connectivity index (χ4v) is 13.1. The van der Waals surface area contributed by atoms with Gasteiger partial charge in [-0.15, -0.1) is 34.0 Å². The number of thiophene rings is 3. The minimum absolute atomic E-state index is 0.788. The molecule has 3 aromatic rings. The molecule has 0 aliphatic carbocycles. The number of ether oxygens (including phenoxy) is 4. The van der Waals surface area contributed by atoms with E-state index >= 15 is 0 Å². The molecule has 0 N–H and O–H groups in total. The van der Waals surface area contributed by atoms with Crippen molar-refractivity contribution >= 4 is 88.8 Å². The van der Waals surface area contributed by atoms with E-state index in [9.17, 15) is 0 Å². The molecule has 0 atom stereocenters. The topological polar surface area (TPSA) is 49.4 Å². The molecular weight excluding hydrogens is 737 g/mol. The quantitative estimate of drug-likeness (QED) is 0.262. The van der Waals surface area contributed by atoms with Crippen LogP contribution in [0.25, 0.3) is 11.1 Å². The third kappa shape index (κ3) is 7.52. The van der Waals surface area contributed by atoms with Crippen molar-refractivity contribution in [3.63, 3.8) is 0 Å². The first-order valence-corrected chi connectivity index (χ1v) is 21.9. The first-order valence-electron chi connectivity index (χ1n) is 17.8. The zero-order valence-electron chi connectivity index (χ0n) is 28.6. The molecule has 13 heteroatoms. The standard InChI is InChI=1S/C38H42N4O4S5/c1-2-28(38(31-5-9-35(50-31)41-15-23-45-24-16-41)32-6-10-36(51-32)42-17-25-46-26-18-42)47-27(1)37(29-3-7-33(48-29)39-11-19-43-20-12-39)30-4-8-34(49-30)40-13-21-44-22-14-40/h1-10H,11-26H2/q+2. The van der Waals surface area contributed by atoms with Gasteiger partial charge in [0.2, 0.25) is 10.1 Å². The molecule has 0 unspecified atom stereocenters. The second kappa shape index (κ2) is 15.9. The minimum Gasteiger partial charge on any atom is -0.378 e. The van der Waals surface area contributed by atoms with Crippen molar-refractivity contribution in [3.8, 4) is 0 Å². The highest BCUT2D eigenvalue weighted by Crippen LogP contribution is 2.48. The highest BCUT2D eigenvalue weighted by molar-refractivity contribution is 8.18. The number of hydrogen-bond acceptors (Lipinski definition) is 11. The monoisotopic (exact) mass is 778 g/mol. The fraction of sp³-hybridized carbons (Fsp3) is 0.421. The second-order valence-corrected chi connectivity index (χ2v) is 18.2. The molecule has 9 rings (SSSR count). The van der Waals surface area contributed by atoms with E-state index in [2.05, 4.69) is 79.7 Å². The summed E-state index contributed by atoms with van der Waals surface area (Å²) in [5.74, 6) is 0. The summed E-state index contributed by atoms with van der Waals surface area (Å²) in [6.07, 6.45) is 9.30. The van der Waals surface area contributed by atoms with Gasteiger partial charge in [-0.25, -0.2) is 9.15 Å². The molecule has 6 aliphatic heterocycles. The Balaban J connectivity index is 1.11. The molecule has 4 fully saturated rings. The molecule has 9 heterocycles. The van der Waals surface area contributed by atoms with E-state index in [1.165, 1.54) is 60.6 Å². The lowest BCUT2D eigenvalue weighted by Gasteiger charge is -2.27. The summed E-state index contributed by atoms with van der Waals surface area (Å²) in [6, 6.07) is 14.0. The molecule has 0 spiro atoms. The third-order valence-electron chi connectivity index (χ3n) is 9.74. The van der Waals surface area contributed by atoms with E-state index in [1.807, 2.05) is 57.5 Å². The van der Waals surface area contributed by atoms with Crippen molar-refractivity contribution in [2.24, 2.45) is 0 Å². The molecule has 6 aliphatic rings. The first-order chi connectivity index (χ1) is 25.3. The van der Waals surface area contributed by atoms with Crippen LogP contribution < -0.4 is 9.80 Å². The molecule has 3 aromatic heterocycles. The maximum atomic E-state index is 5.67. The number of thioether (sulfide) groups is 2. The highest BCUT2D eigenvalue weighted by atomic mass is 32.2. The molecule has 0 radical (unpaired) electrons. The van der Waals surface area contributed by atoms with Gasteiger partial charge < -0.3 is 28.7 Å². The van der Waals surface area contributed by atoms with Gasteiger partial charge in [-0.3, -0.25) is 0 Å². The lowest BCUT2D eigenvalue weighted by atomic mass is 10.1. The van der Waals surface area contributed by atoms with Crippen LogP contribution in [0.1, 0.15) is 19.5 Å². The highest BCUT2D eigenvalue weighted by Gasteiger charge is 2.29. The predicted molar refractivity (Wildman–Crippen MR) is 216 cm³/mol. The molecule has 0 bridgehead atoms. The number of rotatable bonds is 6. The molecule has 8 nitrogen and oxygen atoms in total. The van der Waals surface area contributed by atoms with E-state index in [4.69, 9.17) is 18.9 Å². The van der Waals surface area contributed by atoms with Gasteiger partial charge in [0.05, 0.1) is 36.4 Å². The van der Waals surface area contributed by atoms with Crippen LogP contribution in [0.2, 0.25) is 0 Å². The molecule has 0 amide bonds. The van der Waals surface area contributed by atoms with Gasteiger partial charge in [0.25, 0.3) is 0 Å². The van der Waals surface area contributed by atoms with Gasteiger partial charge in [0.1, 0.15) is 26.4 Å². The van der Waals surface area contributed by atoms with Crippen molar-refractivity contribution in [2.45, 2.75) is 0 Å². The van der Waals surface area contributed by atoms with Crippen LogP contribution >= 0.6 is 57.5 Å².